The number of anilines is 2. The number of carboxylic acid groups (broad SMARTS) is 1. The van der Waals surface area contributed by atoms with Crippen molar-refractivity contribution in [2.24, 2.45) is 0 Å². The van der Waals surface area contributed by atoms with Gasteiger partial charge in [-0.1, -0.05) is 34.1 Å². The van der Waals surface area contributed by atoms with Crippen molar-refractivity contribution in [2.75, 3.05) is 17.6 Å². The first kappa shape index (κ1) is 24.4. The van der Waals surface area contributed by atoms with Gasteiger partial charge in [-0.05, 0) is 66.9 Å². The fourth-order valence-electron chi connectivity index (χ4n) is 3.10. The summed E-state index contributed by atoms with van der Waals surface area (Å²) in [5.74, 6) is -1.82. The minimum absolute atomic E-state index is 0.0650. The molecule has 0 aliphatic heterocycles. The highest BCUT2D eigenvalue weighted by molar-refractivity contribution is 9.10. The molecule has 1 amide bonds. The maximum atomic E-state index is 12.9. The number of aromatic carboxylic acids is 1. The van der Waals surface area contributed by atoms with Crippen molar-refractivity contribution < 1.29 is 23.1 Å². The maximum Gasteiger partial charge on any atom is 0.337 e. The van der Waals surface area contributed by atoms with Crippen molar-refractivity contribution in [3.63, 3.8) is 0 Å². The van der Waals surface area contributed by atoms with Crippen molar-refractivity contribution in [2.45, 2.75) is 18.2 Å². The van der Waals surface area contributed by atoms with Crippen LogP contribution in [0.5, 0.6) is 0 Å². The van der Waals surface area contributed by atoms with Crippen molar-refractivity contribution in [3.8, 4) is 0 Å². The lowest BCUT2D eigenvalue weighted by Gasteiger charge is -2.13. The first-order chi connectivity index (χ1) is 15.6. The summed E-state index contributed by atoms with van der Waals surface area (Å²) in [6, 6.07) is 15.8. The number of rotatable bonds is 8. The molecular weight excluding hydrogens is 510 g/mol. The van der Waals surface area contributed by atoms with Gasteiger partial charge in [0.15, 0.2) is 0 Å². The summed E-state index contributed by atoms with van der Waals surface area (Å²) in [7, 11) is -3.87. The zero-order valence-corrected chi connectivity index (χ0v) is 20.0. The second-order valence-corrected chi connectivity index (χ2v) is 10.00. The molecule has 0 saturated carbocycles. The second kappa shape index (κ2) is 10.2. The molecular formula is C23H22BrN3O5S. The Balaban J connectivity index is 1.77. The Morgan fingerprint density at radius 3 is 2.36 bits per heavy atom. The van der Waals surface area contributed by atoms with Gasteiger partial charge in [-0.25, -0.2) is 17.9 Å². The molecule has 0 unspecified atom stereocenters. The Morgan fingerprint density at radius 1 is 1.00 bits per heavy atom. The van der Waals surface area contributed by atoms with E-state index in [2.05, 4.69) is 26.0 Å². The van der Waals surface area contributed by atoms with Crippen LogP contribution < -0.4 is 15.8 Å². The van der Waals surface area contributed by atoms with E-state index in [1.165, 1.54) is 30.3 Å². The molecule has 0 fully saturated rings. The fraction of sp³-hybridized carbons (Fsp3) is 0.130. The summed E-state index contributed by atoms with van der Waals surface area (Å²) in [6.07, 6.45) is 0.472. The largest absolute Gasteiger partial charge is 0.478 e. The quantitative estimate of drug-likeness (QED) is 0.326. The van der Waals surface area contributed by atoms with Gasteiger partial charge >= 0.3 is 5.97 Å². The van der Waals surface area contributed by atoms with Crippen LogP contribution in [-0.4, -0.2) is 31.9 Å². The Kier molecular flexibility index (Phi) is 7.52. The SMILES string of the molecule is Cc1ccc(S(=O)(=O)NCCc2ccc(N)cc2)cc1C(=O)Nc1ccc(Br)cc1C(=O)O. The van der Waals surface area contributed by atoms with Crippen LogP contribution in [0.3, 0.4) is 0 Å². The lowest BCUT2D eigenvalue weighted by molar-refractivity contribution is 0.0698. The smallest absolute Gasteiger partial charge is 0.337 e. The predicted octanol–water partition coefficient (Wildman–Crippen LogP) is 3.81. The zero-order valence-electron chi connectivity index (χ0n) is 17.6. The predicted molar refractivity (Wildman–Crippen MR) is 130 cm³/mol. The molecule has 8 nitrogen and oxygen atoms in total. The number of halogens is 1. The summed E-state index contributed by atoms with van der Waals surface area (Å²) in [6.45, 7) is 1.84. The summed E-state index contributed by atoms with van der Waals surface area (Å²) in [5.41, 5.74) is 7.89. The number of aryl methyl sites for hydroxylation is 1. The van der Waals surface area contributed by atoms with Crippen molar-refractivity contribution in [3.05, 3.63) is 87.4 Å². The number of sulfonamides is 1. The monoisotopic (exact) mass is 531 g/mol. The molecule has 0 aromatic heterocycles. The van der Waals surface area contributed by atoms with E-state index in [1.807, 2.05) is 12.1 Å². The minimum atomic E-state index is -3.87. The van der Waals surface area contributed by atoms with Gasteiger partial charge in [0.1, 0.15) is 0 Å². The summed E-state index contributed by atoms with van der Waals surface area (Å²) in [4.78, 5) is 24.3. The number of nitrogens with two attached hydrogens (primary N) is 1. The lowest BCUT2D eigenvalue weighted by atomic mass is 10.1. The number of hydrogen-bond acceptors (Lipinski definition) is 5. The zero-order chi connectivity index (χ0) is 24.2. The number of carboxylic acids is 1. The van der Waals surface area contributed by atoms with E-state index < -0.39 is 21.9 Å². The Bertz CT molecular complexity index is 1310. The lowest BCUT2D eigenvalue weighted by Crippen LogP contribution is -2.26. The first-order valence-corrected chi connectivity index (χ1v) is 12.1. The highest BCUT2D eigenvalue weighted by Gasteiger charge is 2.20. The van der Waals surface area contributed by atoms with Gasteiger partial charge in [-0.3, -0.25) is 4.79 Å². The van der Waals surface area contributed by atoms with E-state index in [1.54, 1.807) is 25.1 Å². The van der Waals surface area contributed by atoms with E-state index in [0.717, 1.165) is 5.56 Å². The molecule has 0 radical (unpaired) electrons. The van der Waals surface area contributed by atoms with E-state index in [-0.39, 0.29) is 28.3 Å². The number of hydrogen-bond donors (Lipinski definition) is 4. The number of benzene rings is 3. The van der Waals surface area contributed by atoms with Gasteiger partial charge < -0.3 is 16.2 Å². The molecule has 0 spiro atoms. The number of nitrogen functional groups attached to an aromatic ring is 1. The average molecular weight is 532 g/mol. The standard InChI is InChI=1S/C23H22BrN3O5S/c1-14-2-8-18(33(31,32)26-11-10-15-3-6-17(25)7-4-15)13-19(14)22(28)27-21-9-5-16(24)12-20(21)23(29)30/h2-9,12-13,26H,10-11,25H2,1H3,(H,27,28)(H,29,30). The van der Waals surface area contributed by atoms with Crippen molar-refractivity contribution >= 4 is 49.2 Å². The molecule has 3 aromatic carbocycles. The average Bonchev–Trinajstić information content (AvgIpc) is 2.76. The fourth-order valence-corrected chi connectivity index (χ4v) is 4.52. The number of nitrogens with one attached hydrogen (secondary N) is 2. The minimum Gasteiger partial charge on any atom is -0.478 e. The van der Waals surface area contributed by atoms with Gasteiger partial charge in [0.2, 0.25) is 10.0 Å². The molecule has 0 bridgehead atoms. The van der Waals surface area contributed by atoms with Crippen LogP contribution in [-0.2, 0) is 16.4 Å². The van der Waals surface area contributed by atoms with E-state index in [4.69, 9.17) is 5.73 Å². The second-order valence-electron chi connectivity index (χ2n) is 7.32. The molecule has 10 heteroatoms. The van der Waals surface area contributed by atoms with Crippen LogP contribution >= 0.6 is 15.9 Å². The van der Waals surface area contributed by atoms with Gasteiger partial charge in [-0.15, -0.1) is 0 Å². The third-order valence-corrected chi connectivity index (χ3v) is 6.86. The third kappa shape index (κ3) is 6.19. The van der Waals surface area contributed by atoms with Crippen LogP contribution in [0.15, 0.2) is 70.0 Å². The van der Waals surface area contributed by atoms with Gasteiger partial charge in [-0.2, -0.15) is 0 Å². The molecule has 0 atom stereocenters. The maximum absolute atomic E-state index is 12.9. The molecule has 0 aliphatic rings. The highest BCUT2D eigenvalue weighted by atomic mass is 79.9. The molecule has 33 heavy (non-hydrogen) atoms. The van der Waals surface area contributed by atoms with Crippen molar-refractivity contribution in [1.82, 2.24) is 4.72 Å². The van der Waals surface area contributed by atoms with Gasteiger partial charge in [0.25, 0.3) is 5.91 Å². The van der Waals surface area contributed by atoms with Gasteiger partial charge in [0.05, 0.1) is 16.1 Å². The van der Waals surface area contributed by atoms with Gasteiger partial charge in [0, 0.05) is 22.3 Å². The van der Waals surface area contributed by atoms with E-state index >= 15 is 0 Å². The van der Waals surface area contributed by atoms with Crippen LogP contribution in [0.4, 0.5) is 11.4 Å². The van der Waals surface area contributed by atoms with Crippen LogP contribution in [0.1, 0.15) is 31.8 Å². The molecule has 172 valence electrons. The Labute approximate surface area is 200 Å². The molecule has 3 rings (SSSR count). The van der Waals surface area contributed by atoms with Crippen LogP contribution in [0.25, 0.3) is 0 Å². The Morgan fingerprint density at radius 2 is 1.70 bits per heavy atom. The highest BCUT2D eigenvalue weighted by Crippen LogP contribution is 2.23. The van der Waals surface area contributed by atoms with E-state index in [9.17, 15) is 23.1 Å². The number of amides is 1. The van der Waals surface area contributed by atoms with Crippen LogP contribution in [0, 0.1) is 6.92 Å². The van der Waals surface area contributed by atoms with E-state index in [0.29, 0.717) is 22.1 Å². The number of carbonyl (C=O) groups excluding carboxylic acids is 1. The summed E-state index contributed by atoms with van der Waals surface area (Å²) in [5, 5.41) is 11.9. The summed E-state index contributed by atoms with van der Waals surface area (Å²) >= 11 is 3.20. The molecule has 5 N–H and O–H groups in total. The number of carbonyl (C=O) groups is 2. The van der Waals surface area contributed by atoms with Crippen molar-refractivity contribution in [1.29, 1.82) is 0 Å². The molecule has 0 heterocycles. The molecule has 0 aliphatic carbocycles. The molecule has 0 saturated heterocycles. The van der Waals surface area contributed by atoms with Crippen LogP contribution in [0.2, 0.25) is 0 Å². The topological polar surface area (TPSA) is 139 Å². The molecule has 3 aromatic rings. The Hall–Kier alpha value is -3.21. The normalized spacial score (nSPS) is 11.2. The summed E-state index contributed by atoms with van der Waals surface area (Å²) < 4.78 is 28.6. The third-order valence-electron chi connectivity index (χ3n) is 4.91. The first-order valence-electron chi connectivity index (χ1n) is 9.86.